The minimum absolute atomic E-state index is 0.267. The Kier molecular flexibility index (Phi) is 4.92. The van der Waals surface area contributed by atoms with Crippen LogP contribution in [0.1, 0.15) is 27.4 Å². The Morgan fingerprint density at radius 1 is 1.07 bits per heavy atom. The molecule has 0 fully saturated rings. The van der Waals surface area contributed by atoms with Crippen molar-refractivity contribution in [2.24, 2.45) is 0 Å². The quantitative estimate of drug-likeness (QED) is 0.559. The van der Waals surface area contributed by atoms with Gasteiger partial charge in [-0.1, -0.05) is 35.5 Å². The lowest BCUT2D eigenvalue weighted by atomic mass is 10.2. The maximum atomic E-state index is 12.4. The second-order valence-electron chi connectivity index (χ2n) is 6.34. The van der Waals surface area contributed by atoms with E-state index in [9.17, 15) is 4.79 Å². The molecular weight excluding hydrogens is 354 g/mol. The van der Waals surface area contributed by atoms with Gasteiger partial charge in [-0.15, -0.1) is 5.10 Å². The number of imidazole rings is 1. The van der Waals surface area contributed by atoms with E-state index in [1.807, 2.05) is 60.2 Å². The molecule has 0 saturated carbocycles. The van der Waals surface area contributed by atoms with Crippen molar-refractivity contribution in [3.8, 4) is 5.82 Å². The number of aromatic nitrogens is 6. The third-order valence-electron chi connectivity index (χ3n) is 4.29. The fraction of sp³-hybridized carbons (Fsp3) is 0.150. The van der Waals surface area contributed by atoms with Crippen LogP contribution in [0.3, 0.4) is 0 Å². The molecule has 0 saturated heterocycles. The van der Waals surface area contributed by atoms with Crippen LogP contribution >= 0.6 is 0 Å². The van der Waals surface area contributed by atoms with Gasteiger partial charge in [0.25, 0.3) is 5.91 Å². The predicted octanol–water partition coefficient (Wildman–Crippen LogP) is 2.15. The number of rotatable bonds is 6. The van der Waals surface area contributed by atoms with E-state index in [2.05, 4.69) is 25.6 Å². The minimum atomic E-state index is -0.267. The van der Waals surface area contributed by atoms with E-state index in [0.29, 0.717) is 13.1 Å². The van der Waals surface area contributed by atoms with Gasteiger partial charge >= 0.3 is 0 Å². The molecule has 1 amide bonds. The first-order valence-corrected chi connectivity index (χ1v) is 8.86. The van der Waals surface area contributed by atoms with Crippen LogP contribution in [0.5, 0.6) is 0 Å². The lowest BCUT2D eigenvalue weighted by Gasteiger charge is -2.07. The lowest BCUT2D eigenvalue weighted by molar-refractivity contribution is 0.0946. The smallest absolute Gasteiger partial charge is 0.273 e. The number of benzene rings is 1. The van der Waals surface area contributed by atoms with Crippen LogP contribution in [0.4, 0.5) is 0 Å². The molecule has 0 radical (unpaired) electrons. The number of hydrogen-bond donors (Lipinski definition) is 1. The van der Waals surface area contributed by atoms with Crippen molar-refractivity contribution < 1.29 is 4.79 Å². The first kappa shape index (κ1) is 17.6. The minimum Gasteiger partial charge on any atom is -0.347 e. The largest absolute Gasteiger partial charge is 0.347 e. The Bertz CT molecular complexity index is 1080. The van der Waals surface area contributed by atoms with Crippen molar-refractivity contribution >= 4 is 5.91 Å². The number of pyridine rings is 1. The zero-order chi connectivity index (χ0) is 19.3. The van der Waals surface area contributed by atoms with Crippen LogP contribution in [-0.4, -0.2) is 35.4 Å². The molecule has 28 heavy (non-hydrogen) atoms. The molecule has 4 rings (SSSR count). The highest BCUT2D eigenvalue weighted by Crippen LogP contribution is 2.10. The number of nitrogens with zero attached hydrogens (tertiary/aromatic N) is 6. The molecule has 3 heterocycles. The molecule has 0 unspecified atom stereocenters. The van der Waals surface area contributed by atoms with Gasteiger partial charge in [0.05, 0.1) is 12.7 Å². The molecule has 3 aromatic heterocycles. The normalized spacial score (nSPS) is 10.8. The van der Waals surface area contributed by atoms with Gasteiger partial charge in [-0.05, 0) is 30.2 Å². The Morgan fingerprint density at radius 3 is 2.71 bits per heavy atom. The average Bonchev–Trinajstić information content (AvgIpc) is 3.36. The van der Waals surface area contributed by atoms with E-state index in [0.717, 1.165) is 22.8 Å². The molecule has 0 aliphatic rings. The topological polar surface area (TPSA) is 90.5 Å². The van der Waals surface area contributed by atoms with Crippen molar-refractivity contribution in [1.29, 1.82) is 0 Å². The molecule has 4 aromatic rings. The van der Waals surface area contributed by atoms with Crippen molar-refractivity contribution in [2.45, 2.75) is 20.0 Å². The van der Waals surface area contributed by atoms with Gasteiger partial charge in [0.2, 0.25) is 0 Å². The Hall–Kier alpha value is -3.81. The van der Waals surface area contributed by atoms with E-state index in [4.69, 9.17) is 0 Å². The summed E-state index contributed by atoms with van der Waals surface area (Å²) in [5, 5.41) is 10.9. The van der Waals surface area contributed by atoms with E-state index < -0.39 is 0 Å². The van der Waals surface area contributed by atoms with Gasteiger partial charge in [0, 0.05) is 25.1 Å². The van der Waals surface area contributed by atoms with Gasteiger partial charge in [0.15, 0.2) is 5.69 Å². The van der Waals surface area contributed by atoms with Gasteiger partial charge < -0.3 is 5.32 Å². The molecule has 8 heteroatoms. The number of aryl methyl sites for hydroxylation is 1. The molecule has 1 N–H and O–H groups in total. The summed E-state index contributed by atoms with van der Waals surface area (Å²) in [7, 11) is 0. The van der Waals surface area contributed by atoms with E-state index in [1.54, 1.807) is 23.3 Å². The zero-order valence-electron chi connectivity index (χ0n) is 15.4. The second-order valence-corrected chi connectivity index (χ2v) is 6.34. The molecule has 0 aliphatic heterocycles. The zero-order valence-corrected chi connectivity index (χ0v) is 15.4. The molecule has 0 atom stereocenters. The van der Waals surface area contributed by atoms with Crippen LogP contribution in [0.2, 0.25) is 0 Å². The summed E-state index contributed by atoms with van der Waals surface area (Å²) < 4.78 is 3.54. The molecule has 1 aromatic carbocycles. The van der Waals surface area contributed by atoms with Gasteiger partial charge in [0.1, 0.15) is 11.6 Å². The summed E-state index contributed by atoms with van der Waals surface area (Å²) in [6.45, 7) is 2.85. The highest BCUT2D eigenvalue weighted by molar-refractivity contribution is 5.91. The fourth-order valence-electron chi connectivity index (χ4n) is 2.85. The highest BCUT2D eigenvalue weighted by atomic mass is 16.2. The third-order valence-corrected chi connectivity index (χ3v) is 4.29. The molecule has 0 bridgehead atoms. The number of amides is 1. The van der Waals surface area contributed by atoms with Crippen LogP contribution < -0.4 is 5.32 Å². The molecule has 8 nitrogen and oxygen atoms in total. The number of hydrogen-bond acceptors (Lipinski definition) is 5. The maximum Gasteiger partial charge on any atom is 0.273 e. The summed E-state index contributed by atoms with van der Waals surface area (Å²) >= 11 is 0. The van der Waals surface area contributed by atoms with Crippen LogP contribution in [0.25, 0.3) is 5.82 Å². The lowest BCUT2D eigenvalue weighted by Crippen LogP contribution is -2.23. The van der Waals surface area contributed by atoms with Crippen LogP contribution in [0.15, 0.2) is 67.3 Å². The molecule has 0 spiro atoms. The molecular formula is C20H19N7O. The SMILES string of the molecule is Cc1nccn1-c1cc(CNC(=O)c2cn(Cc3ccccc3)nn2)ccn1. The average molecular weight is 373 g/mol. The number of carbonyl (C=O) groups is 1. The van der Waals surface area contributed by atoms with Crippen LogP contribution in [-0.2, 0) is 13.1 Å². The molecule has 140 valence electrons. The van der Waals surface area contributed by atoms with Crippen molar-refractivity contribution in [3.63, 3.8) is 0 Å². The van der Waals surface area contributed by atoms with Crippen molar-refractivity contribution in [1.82, 2.24) is 34.8 Å². The Morgan fingerprint density at radius 2 is 1.93 bits per heavy atom. The van der Waals surface area contributed by atoms with Gasteiger partial charge in [-0.3, -0.25) is 9.36 Å². The van der Waals surface area contributed by atoms with E-state index in [-0.39, 0.29) is 11.6 Å². The van der Waals surface area contributed by atoms with Crippen LogP contribution in [0, 0.1) is 6.92 Å². The first-order chi connectivity index (χ1) is 13.7. The third kappa shape index (κ3) is 3.96. The van der Waals surface area contributed by atoms with Crippen molar-refractivity contribution in [3.05, 3.63) is 89.9 Å². The Labute approximate surface area is 161 Å². The standard InChI is InChI=1S/C20H19N7O/c1-15-21-9-10-27(15)19-11-17(7-8-22-19)12-23-20(28)18-14-26(25-24-18)13-16-5-3-2-4-6-16/h2-11,14H,12-13H2,1H3,(H,23,28). The van der Waals surface area contributed by atoms with Gasteiger partial charge in [-0.2, -0.15) is 0 Å². The fourth-order valence-corrected chi connectivity index (χ4v) is 2.85. The maximum absolute atomic E-state index is 12.4. The summed E-state index contributed by atoms with van der Waals surface area (Å²) in [5.74, 6) is 1.34. The second kappa shape index (κ2) is 7.83. The number of nitrogens with one attached hydrogen (secondary N) is 1. The monoisotopic (exact) mass is 373 g/mol. The van der Waals surface area contributed by atoms with Crippen molar-refractivity contribution in [2.75, 3.05) is 0 Å². The predicted molar refractivity (Wildman–Crippen MR) is 103 cm³/mol. The summed E-state index contributed by atoms with van der Waals surface area (Å²) in [5.41, 5.74) is 2.32. The summed E-state index contributed by atoms with van der Waals surface area (Å²) in [6.07, 6.45) is 6.94. The first-order valence-electron chi connectivity index (χ1n) is 8.86. The summed E-state index contributed by atoms with van der Waals surface area (Å²) in [6, 6.07) is 13.7. The Balaban J connectivity index is 1.39. The number of carbonyl (C=O) groups excluding carboxylic acids is 1. The van der Waals surface area contributed by atoms with E-state index >= 15 is 0 Å². The molecule has 0 aliphatic carbocycles. The highest BCUT2D eigenvalue weighted by Gasteiger charge is 2.11. The van der Waals surface area contributed by atoms with E-state index in [1.165, 1.54) is 0 Å². The van der Waals surface area contributed by atoms with Gasteiger partial charge in [-0.25, -0.2) is 14.6 Å². The summed E-state index contributed by atoms with van der Waals surface area (Å²) in [4.78, 5) is 21.0.